The minimum atomic E-state index is 0.147. The lowest BCUT2D eigenvalue weighted by atomic mass is 10.0. The molecular weight excluding hydrogens is 318 g/mol. The monoisotopic (exact) mass is 339 g/mol. The van der Waals surface area contributed by atoms with Crippen molar-refractivity contribution in [3.8, 4) is 0 Å². The fraction of sp³-hybridized carbons (Fsp3) is 0.368. The minimum absolute atomic E-state index is 0.147. The predicted molar refractivity (Wildman–Crippen MR) is 98.6 cm³/mol. The molecule has 0 fully saturated rings. The van der Waals surface area contributed by atoms with Crippen LogP contribution < -0.4 is 5.32 Å². The van der Waals surface area contributed by atoms with Crippen molar-refractivity contribution < 1.29 is 5.11 Å². The Morgan fingerprint density at radius 1 is 1.17 bits per heavy atom. The molecule has 1 atom stereocenters. The van der Waals surface area contributed by atoms with Crippen molar-refractivity contribution in [2.75, 3.05) is 11.9 Å². The number of fused-ring (bicyclic) bond motifs is 3. The Kier molecular flexibility index (Phi) is 4.45. The highest BCUT2D eigenvalue weighted by molar-refractivity contribution is 7.19. The van der Waals surface area contributed by atoms with E-state index in [1.54, 1.807) is 6.33 Å². The maximum atomic E-state index is 9.24. The van der Waals surface area contributed by atoms with Crippen molar-refractivity contribution in [2.45, 2.75) is 38.1 Å². The third kappa shape index (κ3) is 2.89. The number of hydrogen-bond acceptors (Lipinski definition) is 5. The molecule has 0 saturated carbocycles. The van der Waals surface area contributed by atoms with Gasteiger partial charge in [0.25, 0.3) is 0 Å². The van der Waals surface area contributed by atoms with E-state index < -0.39 is 0 Å². The number of aliphatic hydroxyl groups excluding tert-OH is 1. The Labute approximate surface area is 145 Å². The molecular formula is C19H21N3OS. The fourth-order valence-corrected chi connectivity index (χ4v) is 4.73. The molecule has 2 heterocycles. The van der Waals surface area contributed by atoms with Crippen LogP contribution in [0.4, 0.5) is 5.82 Å². The standard InChI is InChI=1S/C19H21N3OS/c23-11-5-9-15(13-6-2-1-3-7-13)22-18-17-14-8-4-10-16(14)24-19(17)21-12-20-18/h1-3,6-7,12,15,23H,4-5,8-11H2,(H,20,21,22). The van der Waals surface area contributed by atoms with Gasteiger partial charge in [-0.25, -0.2) is 9.97 Å². The van der Waals surface area contributed by atoms with Gasteiger partial charge in [-0.2, -0.15) is 0 Å². The van der Waals surface area contributed by atoms with Crippen LogP contribution in [-0.4, -0.2) is 21.7 Å². The second-order valence-electron chi connectivity index (χ2n) is 6.23. The van der Waals surface area contributed by atoms with Crippen LogP contribution in [0.2, 0.25) is 0 Å². The van der Waals surface area contributed by atoms with Crippen LogP contribution in [0, 0.1) is 0 Å². The van der Waals surface area contributed by atoms with Crippen LogP contribution in [0.25, 0.3) is 10.2 Å². The molecule has 1 aliphatic rings. The molecule has 0 amide bonds. The molecule has 124 valence electrons. The molecule has 3 aromatic rings. The molecule has 24 heavy (non-hydrogen) atoms. The van der Waals surface area contributed by atoms with Crippen LogP contribution in [-0.2, 0) is 12.8 Å². The summed E-state index contributed by atoms with van der Waals surface area (Å²) in [6.45, 7) is 0.206. The Balaban J connectivity index is 1.71. The van der Waals surface area contributed by atoms with Gasteiger partial charge in [0.15, 0.2) is 0 Å². The summed E-state index contributed by atoms with van der Waals surface area (Å²) in [6.07, 6.45) is 6.83. The number of thiophene rings is 1. The first kappa shape index (κ1) is 15.5. The maximum absolute atomic E-state index is 9.24. The summed E-state index contributed by atoms with van der Waals surface area (Å²) in [7, 11) is 0. The average Bonchev–Trinajstić information content (AvgIpc) is 3.20. The highest BCUT2D eigenvalue weighted by Crippen LogP contribution is 2.40. The molecule has 2 aromatic heterocycles. The first-order valence-corrected chi connectivity index (χ1v) is 9.36. The molecule has 1 unspecified atom stereocenters. The van der Waals surface area contributed by atoms with Crippen LogP contribution in [0.3, 0.4) is 0 Å². The van der Waals surface area contributed by atoms with Gasteiger partial charge in [-0.05, 0) is 43.2 Å². The van der Waals surface area contributed by atoms with Gasteiger partial charge in [0.2, 0.25) is 0 Å². The number of nitrogens with zero attached hydrogens (tertiary/aromatic N) is 2. The zero-order valence-electron chi connectivity index (χ0n) is 13.5. The summed E-state index contributed by atoms with van der Waals surface area (Å²) in [5, 5.41) is 14.1. The molecule has 0 spiro atoms. The van der Waals surface area contributed by atoms with Gasteiger partial charge < -0.3 is 10.4 Å². The van der Waals surface area contributed by atoms with Crippen LogP contribution in [0.15, 0.2) is 36.7 Å². The van der Waals surface area contributed by atoms with Crippen molar-refractivity contribution in [3.63, 3.8) is 0 Å². The molecule has 1 aromatic carbocycles. The fourth-order valence-electron chi connectivity index (χ4n) is 3.51. The normalized spacial score (nSPS) is 14.7. The minimum Gasteiger partial charge on any atom is -0.396 e. The quantitative estimate of drug-likeness (QED) is 0.710. The summed E-state index contributed by atoms with van der Waals surface area (Å²) in [5.74, 6) is 0.936. The van der Waals surface area contributed by atoms with Crippen LogP contribution in [0.5, 0.6) is 0 Å². The number of nitrogens with one attached hydrogen (secondary N) is 1. The third-order valence-electron chi connectivity index (χ3n) is 4.67. The molecule has 1 aliphatic carbocycles. The molecule has 4 nitrogen and oxygen atoms in total. The Morgan fingerprint density at radius 3 is 2.88 bits per heavy atom. The van der Waals surface area contributed by atoms with Gasteiger partial charge in [0, 0.05) is 11.5 Å². The van der Waals surface area contributed by atoms with E-state index in [-0.39, 0.29) is 12.6 Å². The van der Waals surface area contributed by atoms with E-state index in [1.807, 2.05) is 17.4 Å². The topological polar surface area (TPSA) is 58.0 Å². The van der Waals surface area contributed by atoms with E-state index in [0.717, 1.165) is 29.9 Å². The molecule has 4 rings (SSSR count). The molecule has 0 bridgehead atoms. The zero-order valence-corrected chi connectivity index (χ0v) is 14.4. The van der Waals surface area contributed by atoms with Gasteiger partial charge in [-0.1, -0.05) is 30.3 Å². The number of aromatic nitrogens is 2. The summed E-state index contributed by atoms with van der Waals surface area (Å²) < 4.78 is 0. The number of anilines is 1. The SMILES string of the molecule is OCCCC(Nc1ncnc2sc3c(c12)CCC3)c1ccccc1. The molecule has 5 heteroatoms. The van der Waals surface area contributed by atoms with Crippen molar-refractivity contribution >= 4 is 27.4 Å². The van der Waals surface area contributed by atoms with Crippen LogP contribution in [0.1, 0.15) is 41.3 Å². The van der Waals surface area contributed by atoms with Gasteiger partial charge in [-0.3, -0.25) is 0 Å². The van der Waals surface area contributed by atoms with E-state index in [4.69, 9.17) is 0 Å². The van der Waals surface area contributed by atoms with Gasteiger partial charge in [0.05, 0.1) is 11.4 Å². The lowest BCUT2D eigenvalue weighted by Gasteiger charge is -2.20. The van der Waals surface area contributed by atoms with E-state index in [2.05, 4.69) is 39.6 Å². The van der Waals surface area contributed by atoms with E-state index in [1.165, 1.54) is 34.2 Å². The summed E-state index contributed by atoms with van der Waals surface area (Å²) in [4.78, 5) is 11.6. The molecule has 0 aliphatic heterocycles. The lowest BCUT2D eigenvalue weighted by molar-refractivity contribution is 0.281. The first-order valence-electron chi connectivity index (χ1n) is 8.54. The number of aryl methyl sites for hydroxylation is 2. The molecule has 0 saturated heterocycles. The van der Waals surface area contributed by atoms with Crippen molar-refractivity contribution in [2.24, 2.45) is 0 Å². The summed E-state index contributed by atoms with van der Waals surface area (Å²) in [5.41, 5.74) is 2.66. The van der Waals surface area contributed by atoms with E-state index in [0.29, 0.717) is 0 Å². The number of aliphatic hydroxyl groups is 1. The number of benzene rings is 1. The van der Waals surface area contributed by atoms with Gasteiger partial charge >= 0.3 is 0 Å². The van der Waals surface area contributed by atoms with E-state index >= 15 is 0 Å². The Hall–Kier alpha value is -1.98. The smallest absolute Gasteiger partial charge is 0.138 e. The Morgan fingerprint density at radius 2 is 2.04 bits per heavy atom. The third-order valence-corrected chi connectivity index (χ3v) is 5.86. The van der Waals surface area contributed by atoms with Crippen molar-refractivity contribution in [1.29, 1.82) is 0 Å². The van der Waals surface area contributed by atoms with Gasteiger partial charge in [-0.15, -0.1) is 11.3 Å². The summed E-state index contributed by atoms with van der Waals surface area (Å²) in [6, 6.07) is 10.5. The predicted octanol–water partition coefficient (Wildman–Crippen LogP) is 4.11. The highest BCUT2D eigenvalue weighted by atomic mass is 32.1. The number of hydrogen-bond donors (Lipinski definition) is 2. The van der Waals surface area contributed by atoms with E-state index in [9.17, 15) is 5.11 Å². The second kappa shape index (κ2) is 6.87. The average molecular weight is 339 g/mol. The Bertz CT molecular complexity index is 831. The lowest BCUT2D eigenvalue weighted by Crippen LogP contribution is -2.13. The van der Waals surface area contributed by atoms with Crippen molar-refractivity contribution in [3.05, 3.63) is 52.7 Å². The maximum Gasteiger partial charge on any atom is 0.138 e. The first-order chi connectivity index (χ1) is 11.9. The largest absolute Gasteiger partial charge is 0.396 e. The van der Waals surface area contributed by atoms with Crippen molar-refractivity contribution in [1.82, 2.24) is 9.97 Å². The highest BCUT2D eigenvalue weighted by Gasteiger charge is 2.22. The number of rotatable bonds is 6. The zero-order chi connectivity index (χ0) is 16.4. The van der Waals surface area contributed by atoms with Crippen LogP contribution >= 0.6 is 11.3 Å². The summed E-state index contributed by atoms with van der Waals surface area (Å²) >= 11 is 1.81. The molecule has 0 radical (unpaired) electrons. The molecule has 2 N–H and O–H groups in total. The van der Waals surface area contributed by atoms with Gasteiger partial charge in [0.1, 0.15) is 17.0 Å². The second-order valence-corrected chi connectivity index (χ2v) is 7.32.